The van der Waals surface area contributed by atoms with Gasteiger partial charge in [-0.2, -0.15) is 0 Å². The van der Waals surface area contributed by atoms with Crippen LogP contribution in [0.2, 0.25) is 0 Å². The third-order valence-corrected chi connectivity index (χ3v) is 4.38. The molecule has 2 rings (SSSR count). The number of thiazole rings is 1. The molecule has 1 aromatic rings. The summed E-state index contributed by atoms with van der Waals surface area (Å²) in [7, 11) is 0. The first kappa shape index (κ1) is 19.6. The van der Waals surface area contributed by atoms with Crippen LogP contribution in [0.4, 0.5) is 0 Å². The smallest absolute Gasteiger partial charge is 0.224 e. The maximum Gasteiger partial charge on any atom is 0.224 e. The third-order valence-electron chi connectivity index (χ3n) is 3.26. The van der Waals surface area contributed by atoms with Crippen LogP contribution in [0.1, 0.15) is 42.8 Å². The van der Waals surface area contributed by atoms with Crippen LogP contribution >= 0.6 is 36.2 Å². The number of hydrogen-bond acceptors (Lipinski definition) is 4. The van der Waals surface area contributed by atoms with Crippen molar-refractivity contribution in [2.24, 2.45) is 5.73 Å². The van der Waals surface area contributed by atoms with E-state index in [-0.39, 0.29) is 36.8 Å². The predicted molar refractivity (Wildman–Crippen MR) is 88.2 cm³/mol. The molecule has 1 aliphatic rings. The summed E-state index contributed by atoms with van der Waals surface area (Å²) < 4.78 is 0. The molecule has 2 N–H and O–H groups in total. The number of likely N-dealkylation sites (tertiary alicyclic amines) is 1. The molecule has 7 heteroatoms. The first-order chi connectivity index (χ1) is 8.56. The number of aryl methyl sites for hydroxylation is 1. The third kappa shape index (κ3) is 5.20. The Bertz CT molecular complexity index is 426. The fourth-order valence-electron chi connectivity index (χ4n) is 2.37. The van der Waals surface area contributed by atoms with Crippen molar-refractivity contribution in [2.75, 3.05) is 13.1 Å². The summed E-state index contributed by atoms with van der Waals surface area (Å²) in [6, 6.07) is -0.0556. The van der Waals surface area contributed by atoms with Crippen molar-refractivity contribution in [1.29, 1.82) is 0 Å². The fourth-order valence-corrected chi connectivity index (χ4v) is 3.29. The number of carbonyl (C=O) groups excluding carboxylic acids is 1. The van der Waals surface area contributed by atoms with E-state index >= 15 is 0 Å². The first-order valence-corrected chi connectivity index (χ1v) is 7.39. The van der Waals surface area contributed by atoms with Crippen molar-refractivity contribution in [3.8, 4) is 0 Å². The quantitative estimate of drug-likeness (QED) is 0.920. The summed E-state index contributed by atoms with van der Waals surface area (Å²) >= 11 is 1.71. The number of hydrogen-bond donors (Lipinski definition) is 1. The number of nitrogens with zero attached hydrogens (tertiary/aromatic N) is 2. The minimum absolute atomic E-state index is 0. The fraction of sp³-hybridized carbons (Fsp3) is 0.692. The van der Waals surface area contributed by atoms with E-state index in [0.717, 1.165) is 31.6 Å². The number of aromatic nitrogens is 1. The van der Waals surface area contributed by atoms with Gasteiger partial charge in [0.2, 0.25) is 5.91 Å². The molecular formula is C13H23Cl2N3OS. The second kappa shape index (κ2) is 8.82. The number of piperidine rings is 1. The van der Waals surface area contributed by atoms with Crippen LogP contribution < -0.4 is 5.73 Å². The van der Waals surface area contributed by atoms with Gasteiger partial charge in [0.15, 0.2) is 0 Å². The molecule has 0 aromatic carbocycles. The molecule has 2 heterocycles. The van der Waals surface area contributed by atoms with Crippen LogP contribution in [-0.2, 0) is 4.79 Å². The predicted octanol–water partition coefficient (Wildman–Crippen LogP) is 2.74. The SMILES string of the molecule is Cc1csc(C2CCCN(C(=O)CC(C)N)C2)n1.Cl.Cl. The van der Waals surface area contributed by atoms with Gasteiger partial charge in [-0.3, -0.25) is 4.79 Å². The number of amides is 1. The van der Waals surface area contributed by atoms with Gasteiger partial charge in [0.25, 0.3) is 0 Å². The highest BCUT2D eigenvalue weighted by Crippen LogP contribution is 2.29. The van der Waals surface area contributed by atoms with E-state index in [9.17, 15) is 4.79 Å². The van der Waals surface area contributed by atoms with Gasteiger partial charge in [-0.1, -0.05) is 0 Å². The van der Waals surface area contributed by atoms with E-state index in [2.05, 4.69) is 10.4 Å². The Morgan fingerprint density at radius 2 is 2.30 bits per heavy atom. The molecular weight excluding hydrogens is 317 g/mol. The molecule has 1 saturated heterocycles. The van der Waals surface area contributed by atoms with Gasteiger partial charge in [-0.05, 0) is 26.7 Å². The molecule has 20 heavy (non-hydrogen) atoms. The van der Waals surface area contributed by atoms with E-state index in [1.54, 1.807) is 11.3 Å². The standard InChI is InChI=1S/C13H21N3OS.2ClH/c1-9(14)6-12(17)16-5-3-4-11(7-16)13-15-10(2)8-18-13;;/h8-9,11H,3-7,14H2,1-2H3;2*1H. The Balaban J connectivity index is 0.00000180. The van der Waals surface area contributed by atoms with Gasteiger partial charge >= 0.3 is 0 Å². The van der Waals surface area contributed by atoms with Crippen LogP contribution in [0.25, 0.3) is 0 Å². The highest BCUT2D eigenvalue weighted by Gasteiger charge is 2.26. The summed E-state index contributed by atoms with van der Waals surface area (Å²) in [5, 5.41) is 3.25. The van der Waals surface area contributed by atoms with Gasteiger partial charge in [-0.25, -0.2) is 4.98 Å². The molecule has 1 amide bonds. The van der Waals surface area contributed by atoms with E-state index in [1.165, 1.54) is 5.01 Å². The lowest BCUT2D eigenvalue weighted by molar-refractivity contribution is -0.132. The van der Waals surface area contributed by atoms with Crippen LogP contribution in [-0.4, -0.2) is 34.9 Å². The summed E-state index contributed by atoms with van der Waals surface area (Å²) in [5.74, 6) is 0.595. The summed E-state index contributed by atoms with van der Waals surface area (Å²) in [4.78, 5) is 18.5. The van der Waals surface area contributed by atoms with Gasteiger partial charge in [0, 0.05) is 42.5 Å². The van der Waals surface area contributed by atoms with Gasteiger partial charge in [0.1, 0.15) is 0 Å². The van der Waals surface area contributed by atoms with Gasteiger partial charge in [0.05, 0.1) is 5.01 Å². The minimum Gasteiger partial charge on any atom is -0.342 e. The van der Waals surface area contributed by atoms with E-state index < -0.39 is 0 Å². The Kier molecular flexibility index (Phi) is 8.66. The van der Waals surface area contributed by atoms with Crippen molar-refractivity contribution in [3.63, 3.8) is 0 Å². The second-order valence-electron chi connectivity index (χ2n) is 5.19. The van der Waals surface area contributed by atoms with Crippen molar-refractivity contribution in [1.82, 2.24) is 9.88 Å². The first-order valence-electron chi connectivity index (χ1n) is 6.51. The number of rotatable bonds is 3. The van der Waals surface area contributed by atoms with Gasteiger partial charge in [-0.15, -0.1) is 36.2 Å². The highest BCUT2D eigenvalue weighted by molar-refractivity contribution is 7.09. The summed E-state index contributed by atoms with van der Waals surface area (Å²) in [6.45, 7) is 5.57. The zero-order valence-corrected chi connectivity index (χ0v) is 14.3. The summed E-state index contributed by atoms with van der Waals surface area (Å²) in [5.41, 5.74) is 6.77. The summed E-state index contributed by atoms with van der Waals surface area (Å²) in [6.07, 6.45) is 2.65. The topological polar surface area (TPSA) is 59.2 Å². The van der Waals surface area contributed by atoms with Crippen molar-refractivity contribution in [2.45, 2.75) is 45.1 Å². The van der Waals surface area contributed by atoms with E-state index in [1.807, 2.05) is 18.7 Å². The maximum absolute atomic E-state index is 12.0. The minimum atomic E-state index is -0.0556. The monoisotopic (exact) mass is 339 g/mol. The van der Waals surface area contributed by atoms with Crippen molar-refractivity contribution >= 4 is 42.1 Å². The molecule has 0 aliphatic carbocycles. The van der Waals surface area contributed by atoms with Crippen molar-refractivity contribution < 1.29 is 4.79 Å². The normalized spacial score (nSPS) is 19.8. The number of nitrogens with two attached hydrogens (primary N) is 1. The lowest BCUT2D eigenvalue weighted by atomic mass is 9.98. The van der Waals surface area contributed by atoms with Crippen LogP contribution in [0.5, 0.6) is 0 Å². The zero-order chi connectivity index (χ0) is 13.1. The average Bonchev–Trinajstić information content (AvgIpc) is 2.75. The zero-order valence-electron chi connectivity index (χ0n) is 11.9. The molecule has 0 bridgehead atoms. The number of carbonyl (C=O) groups is 1. The molecule has 2 atom stereocenters. The number of halogens is 2. The van der Waals surface area contributed by atoms with Gasteiger partial charge < -0.3 is 10.6 Å². The lowest BCUT2D eigenvalue weighted by Gasteiger charge is -2.32. The molecule has 1 aliphatic heterocycles. The molecule has 116 valence electrons. The van der Waals surface area contributed by atoms with Crippen LogP contribution in [0.3, 0.4) is 0 Å². The Hall–Kier alpha value is -0.360. The van der Waals surface area contributed by atoms with Crippen LogP contribution in [0.15, 0.2) is 5.38 Å². The van der Waals surface area contributed by atoms with Crippen LogP contribution in [0, 0.1) is 6.92 Å². The average molecular weight is 340 g/mol. The molecule has 0 spiro atoms. The lowest BCUT2D eigenvalue weighted by Crippen LogP contribution is -2.41. The van der Waals surface area contributed by atoms with E-state index in [0.29, 0.717) is 12.3 Å². The molecule has 2 unspecified atom stereocenters. The Morgan fingerprint density at radius 3 is 2.85 bits per heavy atom. The largest absolute Gasteiger partial charge is 0.342 e. The Morgan fingerprint density at radius 1 is 1.60 bits per heavy atom. The second-order valence-corrected chi connectivity index (χ2v) is 6.08. The molecule has 0 saturated carbocycles. The Labute approximate surface area is 137 Å². The van der Waals surface area contributed by atoms with Crippen molar-refractivity contribution in [3.05, 3.63) is 16.1 Å². The molecule has 0 radical (unpaired) electrons. The molecule has 4 nitrogen and oxygen atoms in total. The molecule has 1 fully saturated rings. The maximum atomic E-state index is 12.0. The van der Waals surface area contributed by atoms with E-state index in [4.69, 9.17) is 5.73 Å². The molecule has 1 aromatic heterocycles. The highest BCUT2D eigenvalue weighted by atomic mass is 35.5.